The molecule has 1 aliphatic rings. The van der Waals surface area contributed by atoms with Crippen LogP contribution in [0, 0.1) is 5.82 Å². The molecular weight excluding hydrogens is 247 g/mol. The number of ketones is 1. The van der Waals surface area contributed by atoms with Gasteiger partial charge in [0.15, 0.2) is 5.82 Å². The van der Waals surface area contributed by atoms with Gasteiger partial charge in [0.1, 0.15) is 5.78 Å². The summed E-state index contributed by atoms with van der Waals surface area (Å²) in [4.78, 5) is 14.8. The van der Waals surface area contributed by atoms with Gasteiger partial charge in [-0.25, -0.2) is 17.8 Å². The maximum Gasteiger partial charge on any atom is 0.263 e. The van der Waals surface area contributed by atoms with Crippen LogP contribution in [0.25, 0.3) is 0 Å². The molecule has 1 aromatic heterocycles. The summed E-state index contributed by atoms with van der Waals surface area (Å²) in [6, 6.07) is 2.35. The van der Waals surface area contributed by atoms with Gasteiger partial charge in [-0.3, -0.25) is 4.79 Å². The summed E-state index contributed by atoms with van der Waals surface area (Å²) >= 11 is 0. The van der Waals surface area contributed by atoms with Gasteiger partial charge in [-0.05, 0) is 18.6 Å². The van der Waals surface area contributed by atoms with E-state index in [9.17, 15) is 17.6 Å². The van der Waals surface area contributed by atoms with Crippen molar-refractivity contribution in [2.75, 3.05) is 13.1 Å². The van der Waals surface area contributed by atoms with Gasteiger partial charge < -0.3 is 0 Å². The van der Waals surface area contributed by atoms with E-state index in [0.29, 0.717) is 12.8 Å². The summed E-state index contributed by atoms with van der Waals surface area (Å²) in [5, 5.41) is -0.616. The van der Waals surface area contributed by atoms with Crippen molar-refractivity contribution in [2.45, 2.75) is 17.9 Å². The highest BCUT2D eigenvalue weighted by atomic mass is 32.2. The van der Waals surface area contributed by atoms with Crippen molar-refractivity contribution in [2.24, 2.45) is 0 Å². The number of aromatic nitrogens is 1. The van der Waals surface area contributed by atoms with Gasteiger partial charge >= 0.3 is 0 Å². The minimum absolute atomic E-state index is 0.156. The Morgan fingerprint density at radius 1 is 1.41 bits per heavy atom. The lowest BCUT2D eigenvalue weighted by atomic mass is 10.1. The van der Waals surface area contributed by atoms with Crippen molar-refractivity contribution in [3.05, 3.63) is 24.1 Å². The Bertz CT molecular complexity index is 544. The Balaban J connectivity index is 2.36. The second-order valence-corrected chi connectivity index (χ2v) is 5.62. The van der Waals surface area contributed by atoms with E-state index < -0.39 is 20.9 Å². The van der Waals surface area contributed by atoms with Crippen LogP contribution in [0.2, 0.25) is 0 Å². The number of hydrogen-bond acceptors (Lipinski definition) is 4. The fourth-order valence-corrected chi connectivity index (χ4v) is 3.13. The Hall–Kier alpha value is -1.34. The normalized spacial score (nSPS) is 18.3. The number of sulfonamides is 1. The van der Waals surface area contributed by atoms with E-state index in [4.69, 9.17) is 0 Å². The van der Waals surface area contributed by atoms with E-state index >= 15 is 0 Å². The molecular formula is C10H11FN2O3S. The zero-order valence-corrected chi connectivity index (χ0v) is 9.78. The fraction of sp³-hybridized carbons (Fsp3) is 0.400. The summed E-state index contributed by atoms with van der Waals surface area (Å²) in [5.74, 6) is -1.05. The smallest absolute Gasteiger partial charge is 0.263 e. The zero-order chi connectivity index (χ0) is 12.5. The first kappa shape index (κ1) is 12.1. The molecule has 17 heavy (non-hydrogen) atoms. The van der Waals surface area contributed by atoms with Crippen LogP contribution in [-0.2, 0) is 14.8 Å². The number of Topliss-reactive ketones (excluding diaryl/α,β-unsaturated/α-hetero) is 1. The van der Waals surface area contributed by atoms with Gasteiger partial charge in [-0.15, -0.1) is 0 Å². The summed E-state index contributed by atoms with van der Waals surface area (Å²) in [5.41, 5.74) is 0. The van der Waals surface area contributed by atoms with Crippen molar-refractivity contribution in [3.8, 4) is 0 Å². The van der Waals surface area contributed by atoms with Crippen LogP contribution in [0.15, 0.2) is 23.4 Å². The summed E-state index contributed by atoms with van der Waals surface area (Å²) in [6.45, 7) is 0.0302. The number of carbonyl (C=O) groups excluding carboxylic acids is 1. The van der Waals surface area contributed by atoms with Gasteiger partial charge in [0, 0.05) is 19.2 Å². The molecule has 1 aliphatic heterocycles. The van der Waals surface area contributed by atoms with Crippen molar-refractivity contribution in [1.29, 1.82) is 0 Å². The van der Waals surface area contributed by atoms with Crippen molar-refractivity contribution < 1.29 is 17.6 Å². The number of carbonyl (C=O) groups is 1. The number of halogens is 1. The first-order valence-corrected chi connectivity index (χ1v) is 6.58. The molecule has 0 aliphatic carbocycles. The highest BCUT2D eigenvalue weighted by Gasteiger charge is 2.32. The Morgan fingerprint density at radius 3 is 2.82 bits per heavy atom. The van der Waals surface area contributed by atoms with Gasteiger partial charge in [0.25, 0.3) is 10.0 Å². The Kier molecular flexibility index (Phi) is 3.21. The topological polar surface area (TPSA) is 67.3 Å². The third-order valence-electron chi connectivity index (χ3n) is 2.52. The maximum atomic E-state index is 13.4. The van der Waals surface area contributed by atoms with Gasteiger partial charge in [-0.2, -0.15) is 4.31 Å². The predicted molar refractivity (Wildman–Crippen MR) is 57.2 cm³/mol. The molecule has 1 aromatic rings. The van der Waals surface area contributed by atoms with E-state index in [1.165, 1.54) is 12.3 Å². The lowest BCUT2D eigenvalue weighted by molar-refractivity contribution is -0.120. The third kappa shape index (κ3) is 2.34. The van der Waals surface area contributed by atoms with Crippen LogP contribution in [0.3, 0.4) is 0 Å². The number of hydrogen-bond donors (Lipinski definition) is 0. The molecule has 1 saturated heterocycles. The standard InChI is InChI=1S/C10H11FN2O3S/c11-9-4-1-5-12-10(9)17(15,16)13-6-2-3-8(14)7-13/h1,4-5H,2-3,6-7H2. The number of nitrogens with zero attached hydrogens (tertiary/aromatic N) is 2. The first-order valence-electron chi connectivity index (χ1n) is 5.14. The van der Waals surface area contributed by atoms with E-state index in [-0.39, 0.29) is 18.9 Å². The largest absolute Gasteiger partial charge is 0.298 e. The van der Waals surface area contributed by atoms with E-state index in [0.717, 1.165) is 10.4 Å². The number of piperidine rings is 1. The molecule has 0 bridgehead atoms. The van der Waals surface area contributed by atoms with Crippen molar-refractivity contribution in [1.82, 2.24) is 9.29 Å². The quantitative estimate of drug-likeness (QED) is 0.778. The SMILES string of the molecule is O=C1CCCN(S(=O)(=O)c2ncccc2F)C1. The third-order valence-corrected chi connectivity index (χ3v) is 4.31. The van der Waals surface area contributed by atoms with Gasteiger partial charge in [-0.1, -0.05) is 0 Å². The molecule has 2 heterocycles. The molecule has 0 aromatic carbocycles. The second kappa shape index (κ2) is 4.50. The van der Waals surface area contributed by atoms with E-state index in [1.54, 1.807) is 0 Å². The summed E-state index contributed by atoms with van der Waals surface area (Å²) in [7, 11) is -4.00. The van der Waals surface area contributed by atoms with E-state index in [1.807, 2.05) is 0 Å². The average molecular weight is 258 g/mol. The zero-order valence-electron chi connectivity index (χ0n) is 8.97. The lowest BCUT2D eigenvalue weighted by Gasteiger charge is -2.24. The molecule has 0 N–H and O–H groups in total. The highest BCUT2D eigenvalue weighted by molar-refractivity contribution is 7.89. The summed E-state index contributed by atoms with van der Waals surface area (Å²) in [6.07, 6.45) is 2.05. The van der Waals surface area contributed by atoms with Crippen LogP contribution in [0.4, 0.5) is 4.39 Å². The Morgan fingerprint density at radius 2 is 2.18 bits per heavy atom. The molecule has 2 rings (SSSR count). The fourth-order valence-electron chi connectivity index (χ4n) is 1.70. The highest BCUT2D eigenvalue weighted by Crippen LogP contribution is 2.19. The molecule has 5 nitrogen and oxygen atoms in total. The van der Waals surface area contributed by atoms with Crippen LogP contribution in [0.1, 0.15) is 12.8 Å². The van der Waals surface area contributed by atoms with Crippen molar-refractivity contribution >= 4 is 15.8 Å². The van der Waals surface area contributed by atoms with E-state index in [2.05, 4.69) is 4.98 Å². The number of rotatable bonds is 2. The first-order chi connectivity index (χ1) is 8.01. The molecule has 1 fully saturated rings. The van der Waals surface area contributed by atoms with Crippen LogP contribution < -0.4 is 0 Å². The minimum Gasteiger partial charge on any atom is -0.298 e. The number of pyridine rings is 1. The molecule has 7 heteroatoms. The lowest BCUT2D eigenvalue weighted by Crippen LogP contribution is -2.40. The van der Waals surface area contributed by atoms with Gasteiger partial charge in [0.05, 0.1) is 6.54 Å². The average Bonchev–Trinajstić information content (AvgIpc) is 2.29. The molecule has 0 atom stereocenters. The Labute approximate surface area is 98.3 Å². The molecule has 92 valence electrons. The monoisotopic (exact) mass is 258 g/mol. The van der Waals surface area contributed by atoms with Crippen molar-refractivity contribution in [3.63, 3.8) is 0 Å². The van der Waals surface area contributed by atoms with Crippen LogP contribution in [0.5, 0.6) is 0 Å². The molecule has 0 spiro atoms. The van der Waals surface area contributed by atoms with Gasteiger partial charge in [0.2, 0.25) is 5.03 Å². The van der Waals surface area contributed by atoms with Crippen LogP contribution in [-0.4, -0.2) is 36.6 Å². The molecule has 0 saturated carbocycles. The van der Waals surface area contributed by atoms with Crippen LogP contribution >= 0.6 is 0 Å². The maximum absolute atomic E-state index is 13.4. The molecule has 0 amide bonds. The molecule has 0 unspecified atom stereocenters. The predicted octanol–water partition coefficient (Wildman–Crippen LogP) is 0.574. The summed E-state index contributed by atoms with van der Waals surface area (Å²) < 4.78 is 38.4. The molecule has 0 radical (unpaired) electrons. The minimum atomic E-state index is -4.00. The second-order valence-electron chi connectivity index (χ2n) is 3.77.